The summed E-state index contributed by atoms with van der Waals surface area (Å²) in [6.45, 7) is 1.67. The molecule has 0 aliphatic carbocycles. The molecular weight excluding hydrogens is 339 g/mol. The van der Waals surface area contributed by atoms with Crippen LogP contribution in [0.3, 0.4) is 0 Å². The maximum absolute atomic E-state index is 13.4. The predicted molar refractivity (Wildman–Crippen MR) is 93.8 cm³/mol. The molecule has 0 radical (unpaired) electrons. The Bertz CT molecular complexity index is 769. The summed E-state index contributed by atoms with van der Waals surface area (Å²) in [5.41, 5.74) is 0.938. The summed E-state index contributed by atoms with van der Waals surface area (Å²) in [4.78, 5) is 13.9. The average molecular weight is 360 g/mol. The first-order chi connectivity index (χ1) is 12.6. The summed E-state index contributed by atoms with van der Waals surface area (Å²) in [6, 6.07) is 11.8. The van der Waals surface area contributed by atoms with Crippen LogP contribution in [-0.4, -0.2) is 44.3 Å². The summed E-state index contributed by atoms with van der Waals surface area (Å²) in [6.07, 6.45) is 0. The lowest BCUT2D eigenvalue weighted by atomic mass is 10.2. The Kier molecular flexibility index (Phi) is 5.91. The fourth-order valence-electron chi connectivity index (χ4n) is 2.50. The lowest BCUT2D eigenvalue weighted by molar-refractivity contribution is -0.122. The highest BCUT2D eigenvalue weighted by molar-refractivity contribution is 5.78. The van der Waals surface area contributed by atoms with Crippen LogP contribution in [0.5, 0.6) is 17.2 Å². The minimum atomic E-state index is -0.392. The molecule has 6 nitrogen and oxygen atoms in total. The quantitative estimate of drug-likeness (QED) is 0.782. The largest absolute Gasteiger partial charge is 0.489 e. The molecule has 0 fully saturated rings. The van der Waals surface area contributed by atoms with Crippen LogP contribution in [0.25, 0.3) is 0 Å². The number of hydrogen-bond donors (Lipinski definition) is 1. The molecule has 0 unspecified atom stereocenters. The molecule has 0 saturated heterocycles. The molecule has 1 aliphatic rings. The third-order valence-electron chi connectivity index (χ3n) is 3.91. The second-order valence-corrected chi connectivity index (χ2v) is 5.98. The lowest BCUT2D eigenvalue weighted by Crippen LogP contribution is -2.36. The number of carbonyl (C=O) groups is 1. The maximum Gasteiger partial charge on any atom is 0.234 e. The van der Waals surface area contributed by atoms with Gasteiger partial charge in [-0.2, -0.15) is 0 Å². The zero-order valence-electron chi connectivity index (χ0n) is 14.5. The third-order valence-corrected chi connectivity index (χ3v) is 3.91. The summed E-state index contributed by atoms with van der Waals surface area (Å²) < 4.78 is 29.4. The molecule has 0 bridgehead atoms. The van der Waals surface area contributed by atoms with Crippen molar-refractivity contribution in [3.8, 4) is 17.2 Å². The Morgan fingerprint density at radius 3 is 2.88 bits per heavy atom. The van der Waals surface area contributed by atoms with Crippen molar-refractivity contribution < 1.29 is 23.4 Å². The highest BCUT2D eigenvalue weighted by Crippen LogP contribution is 2.32. The molecule has 3 rings (SSSR count). The molecule has 0 saturated carbocycles. The minimum Gasteiger partial charge on any atom is -0.489 e. The summed E-state index contributed by atoms with van der Waals surface area (Å²) in [5, 5.41) is 2.86. The van der Waals surface area contributed by atoms with Crippen molar-refractivity contribution in [2.45, 2.75) is 6.54 Å². The Labute approximate surface area is 151 Å². The lowest BCUT2D eigenvalue weighted by Gasteiger charge is -2.17. The molecule has 0 aromatic heterocycles. The number of benzene rings is 2. The fourth-order valence-corrected chi connectivity index (χ4v) is 2.50. The Balaban J connectivity index is 1.37. The van der Waals surface area contributed by atoms with Crippen molar-refractivity contribution in [2.24, 2.45) is 0 Å². The van der Waals surface area contributed by atoms with Crippen molar-refractivity contribution in [3.63, 3.8) is 0 Å². The van der Waals surface area contributed by atoms with Gasteiger partial charge in [0, 0.05) is 13.1 Å². The number of rotatable bonds is 8. The molecule has 26 heavy (non-hydrogen) atoms. The molecule has 1 amide bonds. The van der Waals surface area contributed by atoms with Gasteiger partial charge in [0.25, 0.3) is 0 Å². The second-order valence-electron chi connectivity index (χ2n) is 5.98. The summed E-state index contributed by atoms with van der Waals surface area (Å²) >= 11 is 0. The first kappa shape index (κ1) is 18.0. The van der Waals surface area contributed by atoms with Crippen molar-refractivity contribution in [2.75, 3.05) is 33.5 Å². The smallest absolute Gasteiger partial charge is 0.234 e. The van der Waals surface area contributed by atoms with E-state index >= 15 is 0 Å². The van der Waals surface area contributed by atoms with E-state index in [9.17, 15) is 9.18 Å². The maximum atomic E-state index is 13.4. The number of hydrogen-bond acceptors (Lipinski definition) is 5. The van der Waals surface area contributed by atoms with E-state index in [1.165, 1.54) is 6.07 Å². The van der Waals surface area contributed by atoms with Gasteiger partial charge in [-0.05, 0) is 36.9 Å². The van der Waals surface area contributed by atoms with Gasteiger partial charge < -0.3 is 19.5 Å². The minimum absolute atomic E-state index is 0.101. The van der Waals surface area contributed by atoms with E-state index in [4.69, 9.17) is 14.2 Å². The van der Waals surface area contributed by atoms with Gasteiger partial charge in [0.15, 0.2) is 23.1 Å². The number of fused-ring (bicyclic) bond motifs is 1. The molecule has 2 aromatic rings. The Hall–Kier alpha value is -2.80. The van der Waals surface area contributed by atoms with Gasteiger partial charge in [-0.15, -0.1) is 0 Å². The van der Waals surface area contributed by atoms with E-state index in [1.807, 2.05) is 30.1 Å². The van der Waals surface area contributed by atoms with Crippen molar-refractivity contribution in [1.82, 2.24) is 10.2 Å². The molecular formula is C19H21FN2O4. The van der Waals surface area contributed by atoms with Crippen molar-refractivity contribution >= 4 is 5.91 Å². The fraction of sp³-hybridized carbons (Fsp3) is 0.316. The number of nitrogens with one attached hydrogen (secondary N) is 1. The number of likely N-dealkylation sites (N-methyl/N-ethyl adjacent to an activating group) is 1. The molecule has 138 valence electrons. The highest BCUT2D eigenvalue weighted by atomic mass is 19.1. The van der Waals surface area contributed by atoms with Gasteiger partial charge in [0.05, 0.1) is 6.54 Å². The highest BCUT2D eigenvalue weighted by Gasteiger charge is 2.13. The van der Waals surface area contributed by atoms with Gasteiger partial charge >= 0.3 is 0 Å². The number of nitrogens with zero attached hydrogens (tertiary/aromatic N) is 1. The van der Waals surface area contributed by atoms with Crippen LogP contribution in [0.2, 0.25) is 0 Å². The molecule has 0 atom stereocenters. The van der Waals surface area contributed by atoms with E-state index in [2.05, 4.69) is 5.32 Å². The van der Waals surface area contributed by atoms with Crippen LogP contribution in [0.15, 0.2) is 42.5 Å². The zero-order valence-corrected chi connectivity index (χ0v) is 14.5. The topological polar surface area (TPSA) is 60.0 Å². The van der Waals surface area contributed by atoms with Gasteiger partial charge in [0.1, 0.15) is 6.61 Å². The van der Waals surface area contributed by atoms with Crippen LogP contribution in [0.1, 0.15) is 5.56 Å². The van der Waals surface area contributed by atoms with E-state index in [1.54, 1.807) is 18.2 Å². The zero-order chi connectivity index (χ0) is 18.4. The Morgan fingerprint density at radius 2 is 2.04 bits per heavy atom. The number of carbonyl (C=O) groups excluding carboxylic acids is 1. The molecule has 7 heteroatoms. The van der Waals surface area contributed by atoms with Crippen LogP contribution in [0, 0.1) is 5.82 Å². The normalized spacial score (nSPS) is 12.3. The first-order valence-corrected chi connectivity index (χ1v) is 8.33. The number of halogens is 1. The summed E-state index contributed by atoms with van der Waals surface area (Å²) in [7, 11) is 1.81. The molecule has 0 spiro atoms. The first-order valence-electron chi connectivity index (χ1n) is 8.33. The number of para-hydroxylation sites is 1. The van der Waals surface area contributed by atoms with Gasteiger partial charge in [-0.1, -0.05) is 18.2 Å². The molecule has 1 N–H and O–H groups in total. The van der Waals surface area contributed by atoms with E-state index in [-0.39, 0.29) is 25.0 Å². The SMILES string of the molecule is CN(CCOc1ccccc1F)CC(=O)NCc1ccc2c(c1)OCO2. The Morgan fingerprint density at radius 1 is 1.23 bits per heavy atom. The van der Waals surface area contributed by atoms with Gasteiger partial charge in [0.2, 0.25) is 12.7 Å². The molecule has 1 aliphatic heterocycles. The van der Waals surface area contributed by atoms with E-state index in [0.29, 0.717) is 25.4 Å². The average Bonchev–Trinajstić information content (AvgIpc) is 3.09. The number of amides is 1. The number of ether oxygens (including phenoxy) is 3. The second kappa shape index (κ2) is 8.53. The van der Waals surface area contributed by atoms with Gasteiger partial charge in [-0.25, -0.2) is 4.39 Å². The third kappa shape index (κ3) is 4.86. The van der Waals surface area contributed by atoms with E-state index < -0.39 is 5.82 Å². The van der Waals surface area contributed by atoms with Crippen LogP contribution < -0.4 is 19.5 Å². The predicted octanol–water partition coefficient (Wildman–Crippen LogP) is 2.18. The molecule has 2 aromatic carbocycles. The van der Waals surface area contributed by atoms with Crippen molar-refractivity contribution in [1.29, 1.82) is 0 Å². The van der Waals surface area contributed by atoms with Crippen LogP contribution >= 0.6 is 0 Å². The summed E-state index contributed by atoms with van der Waals surface area (Å²) in [5.74, 6) is 1.13. The van der Waals surface area contributed by atoms with Gasteiger partial charge in [-0.3, -0.25) is 9.69 Å². The van der Waals surface area contributed by atoms with Crippen LogP contribution in [0.4, 0.5) is 4.39 Å². The molecule has 1 heterocycles. The standard InChI is InChI=1S/C19H21FN2O4/c1-22(8-9-24-16-5-3-2-4-15(16)20)12-19(23)21-11-14-6-7-17-18(10-14)26-13-25-17/h2-7,10H,8-9,11-13H2,1H3,(H,21,23). The van der Waals surface area contributed by atoms with E-state index in [0.717, 1.165) is 11.3 Å². The van der Waals surface area contributed by atoms with Crippen LogP contribution in [-0.2, 0) is 11.3 Å². The monoisotopic (exact) mass is 360 g/mol. The van der Waals surface area contributed by atoms with Crippen molar-refractivity contribution in [3.05, 3.63) is 53.8 Å².